The number of rotatable bonds is 8. The molecule has 0 amide bonds. The molecule has 6 heteroatoms. The van der Waals surface area contributed by atoms with Crippen LogP contribution in [0.25, 0.3) is 0 Å². The van der Waals surface area contributed by atoms with Crippen molar-refractivity contribution in [2.24, 2.45) is 4.99 Å². The summed E-state index contributed by atoms with van der Waals surface area (Å²) < 4.78 is 11.6. The monoisotopic (exact) mass is 348 g/mol. The van der Waals surface area contributed by atoms with Gasteiger partial charge in [-0.25, -0.2) is 0 Å². The highest BCUT2D eigenvalue weighted by Crippen LogP contribution is 2.23. The summed E-state index contributed by atoms with van der Waals surface area (Å²) in [6.07, 6.45) is 2.22. The van der Waals surface area contributed by atoms with Crippen molar-refractivity contribution in [3.8, 4) is 5.75 Å². The molecule has 0 saturated carbocycles. The third-order valence-electron chi connectivity index (χ3n) is 4.32. The van der Waals surface area contributed by atoms with Crippen molar-refractivity contribution in [1.82, 2.24) is 15.5 Å². The standard InChI is InChI=1S/C19H32N4O2/c1-19(9-6-11-25-19)15-22-18(20-2)21-14-16-7-5-8-17(13-16)24-12-10-23(3)4/h5,7-8,13H,6,9-12,14-15H2,1-4H3,(H2,20,21,22). The zero-order valence-corrected chi connectivity index (χ0v) is 16.0. The molecule has 2 rings (SSSR count). The predicted molar refractivity (Wildman–Crippen MR) is 102 cm³/mol. The van der Waals surface area contributed by atoms with Crippen molar-refractivity contribution >= 4 is 5.96 Å². The third kappa shape index (κ3) is 6.92. The second-order valence-corrected chi connectivity index (χ2v) is 6.98. The van der Waals surface area contributed by atoms with Gasteiger partial charge in [0.05, 0.1) is 5.60 Å². The van der Waals surface area contributed by atoms with Crippen molar-refractivity contribution in [3.63, 3.8) is 0 Å². The molecular formula is C19H32N4O2. The molecule has 1 saturated heterocycles. The average Bonchev–Trinajstić information content (AvgIpc) is 3.02. The number of guanidine groups is 1. The van der Waals surface area contributed by atoms with Crippen LogP contribution in [0.4, 0.5) is 0 Å². The molecule has 0 radical (unpaired) electrons. The molecule has 6 nitrogen and oxygen atoms in total. The lowest BCUT2D eigenvalue weighted by atomic mass is 10.0. The smallest absolute Gasteiger partial charge is 0.191 e. The van der Waals surface area contributed by atoms with Crippen LogP contribution in [0.3, 0.4) is 0 Å². The number of ether oxygens (including phenoxy) is 2. The number of benzene rings is 1. The Kier molecular flexibility index (Phi) is 7.52. The Morgan fingerprint density at radius 1 is 1.36 bits per heavy atom. The molecule has 0 aliphatic carbocycles. The van der Waals surface area contributed by atoms with Crippen molar-refractivity contribution in [3.05, 3.63) is 29.8 Å². The maximum atomic E-state index is 5.80. The third-order valence-corrected chi connectivity index (χ3v) is 4.32. The van der Waals surface area contributed by atoms with Gasteiger partial charge in [0.1, 0.15) is 12.4 Å². The van der Waals surface area contributed by atoms with Gasteiger partial charge in [-0.15, -0.1) is 0 Å². The van der Waals surface area contributed by atoms with E-state index in [9.17, 15) is 0 Å². The number of nitrogens with one attached hydrogen (secondary N) is 2. The molecule has 0 bridgehead atoms. The first-order valence-electron chi connectivity index (χ1n) is 8.96. The largest absolute Gasteiger partial charge is 0.492 e. The van der Waals surface area contributed by atoms with Crippen molar-refractivity contribution < 1.29 is 9.47 Å². The van der Waals surface area contributed by atoms with Gasteiger partial charge in [0.25, 0.3) is 0 Å². The van der Waals surface area contributed by atoms with Crippen LogP contribution in [-0.2, 0) is 11.3 Å². The SMILES string of the molecule is CN=C(NCc1cccc(OCCN(C)C)c1)NCC1(C)CCCO1. The Labute approximate surface area is 151 Å². The molecule has 2 N–H and O–H groups in total. The van der Waals surface area contributed by atoms with Gasteiger partial charge >= 0.3 is 0 Å². The number of nitrogens with zero attached hydrogens (tertiary/aromatic N) is 2. The Hall–Kier alpha value is -1.79. The summed E-state index contributed by atoms with van der Waals surface area (Å²) in [6.45, 7) is 6.05. The molecular weight excluding hydrogens is 316 g/mol. The van der Waals surface area contributed by atoms with E-state index in [1.165, 1.54) is 0 Å². The highest BCUT2D eigenvalue weighted by molar-refractivity contribution is 5.79. The highest BCUT2D eigenvalue weighted by Gasteiger charge is 2.29. The van der Waals surface area contributed by atoms with Gasteiger partial charge in [-0.2, -0.15) is 0 Å². The summed E-state index contributed by atoms with van der Waals surface area (Å²) in [5.74, 6) is 1.69. The molecule has 1 aliphatic heterocycles. The summed E-state index contributed by atoms with van der Waals surface area (Å²) >= 11 is 0. The summed E-state index contributed by atoms with van der Waals surface area (Å²) in [6, 6.07) is 8.16. The van der Waals surface area contributed by atoms with Crippen LogP contribution in [0.2, 0.25) is 0 Å². The first kappa shape index (κ1) is 19.5. The van der Waals surface area contributed by atoms with E-state index in [0.29, 0.717) is 13.2 Å². The number of hydrogen-bond acceptors (Lipinski definition) is 4. The van der Waals surface area contributed by atoms with E-state index < -0.39 is 0 Å². The van der Waals surface area contributed by atoms with Crippen LogP contribution in [0.15, 0.2) is 29.3 Å². The zero-order valence-electron chi connectivity index (χ0n) is 16.0. The highest BCUT2D eigenvalue weighted by atomic mass is 16.5. The molecule has 1 fully saturated rings. The van der Waals surface area contributed by atoms with E-state index in [2.05, 4.69) is 39.6 Å². The fourth-order valence-electron chi connectivity index (χ4n) is 2.74. The van der Waals surface area contributed by atoms with E-state index in [1.54, 1.807) is 7.05 Å². The van der Waals surface area contributed by atoms with Crippen molar-refractivity contribution in [2.45, 2.75) is 31.9 Å². The van der Waals surface area contributed by atoms with Crippen LogP contribution in [-0.4, -0.2) is 63.9 Å². The molecule has 0 aromatic heterocycles. The van der Waals surface area contributed by atoms with Crippen molar-refractivity contribution in [2.75, 3.05) is 47.4 Å². The number of hydrogen-bond donors (Lipinski definition) is 2. The number of aliphatic imine (C=N–C) groups is 1. The molecule has 1 aliphatic rings. The maximum Gasteiger partial charge on any atom is 0.191 e. The van der Waals surface area contributed by atoms with Crippen LogP contribution < -0.4 is 15.4 Å². The summed E-state index contributed by atoms with van der Waals surface area (Å²) in [7, 11) is 5.87. The Morgan fingerprint density at radius 2 is 2.20 bits per heavy atom. The van der Waals surface area contributed by atoms with E-state index in [-0.39, 0.29) is 5.60 Å². The Bertz CT molecular complexity index is 554. The van der Waals surface area contributed by atoms with Gasteiger partial charge in [0, 0.05) is 33.3 Å². The van der Waals surface area contributed by atoms with Gasteiger partial charge in [0.2, 0.25) is 0 Å². The molecule has 1 atom stereocenters. The minimum absolute atomic E-state index is 0.0855. The van der Waals surface area contributed by atoms with Gasteiger partial charge in [0.15, 0.2) is 5.96 Å². The summed E-state index contributed by atoms with van der Waals surface area (Å²) in [5.41, 5.74) is 1.08. The quantitative estimate of drug-likeness (QED) is 0.555. The minimum atomic E-state index is -0.0855. The lowest BCUT2D eigenvalue weighted by molar-refractivity contribution is 0.0243. The van der Waals surface area contributed by atoms with Gasteiger partial charge < -0.3 is 25.0 Å². The first-order chi connectivity index (χ1) is 12.0. The van der Waals surface area contributed by atoms with E-state index >= 15 is 0 Å². The molecule has 140 valence electrons. The van der Waals surface area contributed by atoms with E-state index in [1.807, 2.05) is 26.2 Å². The molecule has 1 aromatic rings. The van der Waals surface area contributed by atoms with Gasteiger partial charge in [-0.3, -0.25) is 4.99 Å². The van der Waals surface area contributed by atoms with Crippen LogP contribution in [0, 0.1) is 0 Å². The van der Waals surface area contributed by atoms with Crippen LogP contribution in [0.1, 0.15) is 25.3 Å². The lowest BCUT2D eigenvalue weighted by Crippen LogP contribution is -2.45. The molecule has 1 heterocycles. The van der Waals surface area contributed by atoms with Crippen LogP contribution in [0.5, 0.6) is 5.75 Å². The topological polar surface area (TPSA) is 58.1 Å². The first-order valence-corrected chi connectivity index (χ1v) is 8.96. The molecule has 1 unspecified atom stereocenters. The Morgan fingerprint density at radius 3 is 2.88 bits per heavy atom. The number of likely N-dealkylation sites (N-methyl/N-ethyl adjacent to an activating group) is 1. The lowest BCUT2D eigenvalue weighted by Gasteiger charge is -2.24. The van der Waals surface area contributed by atoms with E-state index in [0.717, 1.165) is 49.8 Å². The fraction of sp³-hybridized carbons (Fsp3) is 0.632. The minimum Gasteiger partial charge on any atom is -0.492 e. The zero-order chi connectivity index (χ0) is 18.1. The molecule has 0 spiro atoms. The molecule has 1 aromatic carbocycles. The fourth-order valence-corrected chi connectivity index (χ4v) is 2.74. The summed E-state index contributed by atoms with van der Waals surface area (Å²) in [4.78, 5) is 6.40. The normalized spacial score (nSPS) is 20.8. The van der Waals surface area contributed by atoms with Gasteiger partial charge in [-0.1, -0.05) is 12.1 Å². The molecule has 25 heavy (non-hydrogen) atoms. The predicted octanol–water partition coefficient (Wildman–Crippen LogP) is 1.86. The van der Waals surface area contributed by atoms with Crippen LogP contribution >= 0.6 is 0 Å². The van der Waals surface area contributed by atoms with E-state index in [4.69, 9.17) is 9.47 Å². The average molecular weight is 348 g/mol. The maximum absolute atomic E-state index is 5.80. The van der Waals surface area contributed by atoms with Crippen molar-refractivity contribution in [1.29, 1.82) is 0 Å². The van der Waals surface area contributed by atoms with Gasteiger partial charge in [-0.05, 0) is 51.6 Å². The second-order valence-electron chi connectivity index (χ2n) is 6.98. The Balaban J connectivity index is 1.78. The summed E-state index contributed by atoms with van der Waals surface area (Å²) in [5, 5.41) is 6.71. The second kappa shape index (κ2) is 9.63.